The van der Waals surface area contributed by atoms with Crippen molar-refractivity contribution >= 4 is 22.2 Å². The number of aromatic nitrogens is 3. The molecular formula is C22H14N4O2. The quantitative estimate of drug-likeness (QED) is 0.328. The molecule has 0 aliphatic heterocycles. The summed E-state index contributed by atoms with van der Waals surface area (Å²) < 4.78 is 2.00. The molecule has 0 aliphatic carbocycles. The van der Waals surface area contributed by atoms with Crippen molar-refractivity contribution in [2.75, 3.05) is 0 Å². The van der Waals surface area contributed by atoms with Crippen molar-refractivity contribution in [2.45, 2.75) is 0 Å². The van der Waals surface area contributed by atoms with Gasteiger partial charge in [0.1, 0.15) is 5.65 Å². The Morgan fingerprint density at radius 1 is 0.893 bits per heavy atom. The lowest BCUT2D eigenvalue weighted by Gasteiger charge is -2.02. The lowest BCUT2D eigenvalue weighted by Crippen LogP contribution is -1.91. The van der Waals surface area contributed by atoms with E-state index in [9.17, 15) is 10.1 Å². The van der Waals surface area contributed by atoms with E-state index in [2.05, 4.69) is 4.98 Å². The van der Waals surface area contributed by atoms with Gasteiger partial charge in [-0.3, -0.25) is 10.1 Å². The van der Waals surface area contributed by atoms with Gasteiger partial charge >= 0.3 is 0 Å². The fraction of sp³-hybridized carbons (Fsp3) is 0. The van der Waals surface area contributed by atoms with E-state index in [4.69, 9.17) is 4.98 Å². The molecule has 134 valence electrons. The minimum Gasteiger partial charge on any atom is -0.301 e. The molecule has 28 heavy (non-hydrogen) atoms. The van der Waals surface area contributed by atoms with Gasteiger partial charge in [0.25, 0.3) is 5.69 Å². The van der Waals surface area contributed by atoms with E-state index in [0.29, 0.717) is 5.82 Å². The molecule has 5 aromatic rings. The SMILES string of the molecule is O=[N+]([O-])c1cccc(-c2c3cnc(-c4ccccc4)nc3n3ccccc23)c1. The zero-order valence-corrected chi connectivity index (χ0v) is 14.7. The molecule has 0 bridgehead atoms. The zero-order chi connectivity index (χ0) is 19.1. The van der Waals surface area contributed by atoms with Crippen molar-refractivity contribution in [3.63, 3.8) is 0 Å². The van der Waals surface area contributed by atoms with Gasteiger partial charge in [0.15, 0.2) is 5.82 Å². The number of pyridine rings is 1. The fourth-order valence-electron chi connectivity index (χ4n) is 3.51. The summed E-state index contributed by atoms with van der Waals surface area (Å²) in [5, 5.41) is 12.1. The topological polar surface area (TPSA) is 73.3 Å². The molecule has 0 aliphatic rings. The van der Waals surface area contributed by atoms with E-state index in [1.807, 2.05) is 65.2 Å². The van der Waals surface area contributed by atoms with Crippen LogP contribution in [-0.4, -0.2) is 19.3 Å². The Kier molecular flexibility index (Phi) is 3.62. The van der Waals surface area contributed by atoms with Gasteiger partial charge in [-0.05, 0) is 17.7 Å². The minimum atomic E-state index is -0.381. The number of nitro benzene ring substituents is 1. The summed E-state index contributed by atoms with van der Waals surface area (Å²) in [4.78, 5) is 20.2. The molecule has 3 heterocycles. The van der Waals surface area contributed by atoms with E-state index in [1.54, 1.807) is 18.3 Å². The number of benzene rings is 2. The molecule has 6 heteroatoms. The molecule has 0 saturated carbocycles. The fourth-order valence-corrected chi connectivity index (χ4v) is 3.51. The Bertz CT molecular complexity index is 1340. The molecule has 0 fully saturated rings. The highest BCUT2D eigenvalue weighted by atomic mass is 16.6. The number of fused-ring (bicyclic) bond motifs is 3. The first-order chi connectivity index (χ1) is 13.7. The highest BCUT2D eigenvalue weighted by Gasteiger charge is 2.17. The van der Waals surface area contributed by atoms with E-state index < -0.39 is 0 Å². The first-order valence-corrected chi connectivity index (χ1v) is 8.78. The van der Waals surface area contributed by atoms with Crippen LogP contribution in [0.15, 0.2) is 85.2 Å². The van der Waals surface area contributed by atoms with E-state index in [1.165, 1.54) is 6.07 Å². The maximum Gasteiger partial charge on any atom is 0.270 e. The summed E-state index contributed by atoms with van der Waals surface area (Å²) in [5.74, 6) is 0.641. The highest BCUT2D eigenvalue weighted by molar-refractivity contribution is 6.04. The van der Waals surface area contributed by atoms with Crippen molar-refractivity contribution in [1.82, 2.24) is 14.4 Å². The van der Waals surface area contributed by atoms with Crippen LogP contribution in [-0.2, 0) is 0 Å². The van der Waals surface area contributed by atoms with Crippen LogP contribution in [0.4, 0.5) is 5.69 Å². The van der Waals surface area contributed by atoms with Crippen LogP contribution in [0.5, 0.6) is 0 Å². The van der Waals surface area contributed by atoms with Gasteiger partial charge in [0.05, 0.1) is 10.4 Å². The van der Waals surface area contributed by atoms with Crippen LogP contribution in [0.3, 0.4) is 0 Å². The molecule has 0 radical (unpaired) electrons. The Morgan fingerprint density at radius 2 is 1.68 bits per heavy atom. The van der Waals surface area contributed by atoms with E-state index in [0.717, 1.165) is 33.2 Å². The molecule has 2 aromatic carbocycles. The molecule has 5 rings (SSSR count). The second kappa shape index (κ2) is 6.28. The maximum atomic E-state index is 11.2. The van der Waals surface area contributed by atoms with Gasteiger partial charge in [0, 0.05) is 41.0 Å². The summed E-state index contributed by atoms with van der Waals surface area (Å²) in [7, 11) is 0. The molecule has 3 aromatic heterocycles. The highest BCUT2D eigenvalue weighted by Crippen LogP contribution is 2.36. The van der Waals surface area contributed by atoms with E-state index in [-0.39, 0.29) is 10.6 Å². The Hall–Kier alpha value is -4.06. The molecule has 6 nitrogen and oxygen atoms in total. The van der Waals surface area contributed by atoms with Gasteiger partial charge < -0.3 is 4.40 Å². The van der Waals surface area contributed by atoms with Crippen LogP contribution < -0.4 is 0 Å². The summed E-state index contributed by atoms with van der Waals surface area (Å²) in [5.41, 5.74) is 4.35. The lowest BCUT2D eigenvalue weighted by molar-refractivity contribution is -0.384. The Balaban J connectivity index is 1.82. The molecule has 0 saturated heterocycles. The average Bonchev–Trinajstić information content (AvgIpc) is 3.08. The predicted octanol–water partition coefficient (Wildman–Crippen LogP) is 5.12. The minimum absolute atomic E-state index is 0.0581. The van der Waals surface area contributed by atoms with Gasteiger partial charge in [-0.1, -0.05) is 48.5 Å². The third-order valence-corrected chi connectivity index (χ3v) is 4.76. The zero-order valence-electron chi connectivity index (χ0n) is 14.7. The van der Waals surface area contributed by atoms with Crippen molar-refractivity contribution in [3.8, 4) is 22.5 Å². The van der Waals surface area contributed by atoms with Gasteiger partial charge in [-0.25, -0.2) is 9.97 Å². The van der Waals surface area contributed by atoms with Gasteiger partial charge in [-0.2, -0.15) is 0 Å². The van der Waals surface area contributed by atoms with E-state index >= 15 is 0 Å². The third-order valence-electron chi connectivity index (χ3n) is 4.76. The molecule has 0 N–H and O–H groups in total. The largest absolute Gasteiger partial charge is 0.301 e. The number of hydrogen-bond donors (Lipinski definition) is 0. The lowest BCUT2D eigenvalue weighted by atomic mass is 10.0. The number of rotatable bonds is 3. The first-order valence-electron chi connectivity index (χ1n) is 8.78. The van der Waals surface area contributed by atoms with Crippen LogP contribution in [0.1, 0.15) is 0 Å². The third kappa shape index (κ3) is 2.51. The number of non-ortho nitro benzene ring substituents is 1. The van der Waals surface area contributed by atoms with Crippen LogP contribution >= 0.6 is 0 Å². The van der Waals surface area contributed by atoms with Crippen LogP contribution in [0.2, 0.25) is 0 Å². The van der Waals surface area contributed by atoms with Crippen LogP contribution in [0, 0.1) is 10.1 Å². The number of nitro groups is 1. The molecule has 0 unspecified atom stereocenters. The summed E-state index contributed by atoms with van der Waals surface area (Å²) >= 11 is 0. The Labute approximate surface area is 159 Å². The molecular weight excluding hydrogens is 352 g/mol. The second-order valence-corrected chi connectivity index (χ2v) is 6.44. The average molecular weight is 366 g/mol. The second-order valence-electron chi connectivity index (χ2n) is 6.44. The monoisotopic (exact) mass is 366 g/mol. The first kappa shape index (κ1) is 16.1. The standard InChI is InChI=1S/C22H14N4O2/c27-26(28)17-10-6-9-16(13-17)20-18-14-23-21(15-7-2-1-3-8-15)24-22(18)25-12-5-4-11-19(20)25/h1-14H. The summed E-state index contributed by atoms with van der Waals surface area (Å²) in [6.07, 6.45) is 3.74. The number of nitrogens with zero attached hydrogens (tertiary/aromatic N) is 4. The van der Waals surface area contributed by atoms with Crippen molar-refractivity contribution < 1.29 is 4.92 Å². The predicted molar refractivity (Wildman–Crippen MR) is 108 cm³/mol. The molecule has 0 atom stereocenters. The maximum absolute atomic E-state index is 11.2. The smallest absolute Gasteiger partial charge is 0.270 e. The summed E-state index contributed by atoms with van der Waals surface area (Å²) in [6, 6.07) is 22.3. The number of hydrogen-bond acceptors (Lipinski definition) is 4. The van der Waals surface area contributed by atoms with Crippen molar-refractivity contribution in [3.05, 3.63) is 95.3 Å². The Morgan fingerprint density at radius 3 is 2.50 bits per heavy atom. The normalized spacial score (nSPS) is 11.1. The van der Waals surface area contributed by atoms with Crippen LogP contribution in [0.25, 0.3) is 39.1 Å². The van der Waals surface area contributed by atoms with Crippen molar-refractivity contribution in [2.24, 2.45) is 0 Å². The van der Waals surface area contributed by atoms with Gasteiger partial charge in [0.2, 0.25) is 0 Å². The summed E-state index contributed by atoms with van der Waals surface area (Å²) in [6.45, 7) is 0. The van der Waals surface area contributed by atoms with Gasteiger partial charge in [-0.15, -0.1) is 0 Å². The van der Waals surface area contributed by atoms with Crippen molar-refractivity contribution in [1.29, 1.82) is 0 Å². The molecule has 0 spiro atoms. The molecule has 0 amide bonds.